The first kappa shape index (κ1) is 17.6. The Morgan fingerprint density at radius 2 is 2.00 bits per heavy atom. The van der Waals surface area contributed by atoms with E-state index in [0.717, 1.165) is 11.1 Å². The largest absolute Gasteiger partial charge is 0.355 e. The molecule has 0 aliphatic heterocycles. The maximum absolute atomic E-state index is 12.1. The number of hydrogen-bond donors (Lipinski definition) is 3. The van der Waals surface area contributed by atoms with Crippen LogP contribution < -0.4 is 15.8 Å². The number of rotatable bonds is 7. The number of sulfonamides is 1. The van der Waals surface area contributed by atoms with Gasteiger partial charge in [0.15, 0.2) is 0 Å². The molecule has 0 heterocycles. The molecule has 1 aromatic carbocycles. The molecular weight excluding hydrogens is 290 g/mol. The van der Waals surface area contributed by atoms with E-state index in [1.54, 1.807) is 19.1 Å². The Morgan fingerprint density at radius 3 is 2.52 bits per heavy atom. The van der Waals surface area contributed by atoms with Crippen molar-refractivity contribution in [3.05, 3.63) is 29.3 Å². The molecule has 1 aromatic rings. The fourth-order valence-electron chi connectivity index (χ4n) is 1.69. The minimum Gasteiger partial charge on any atom is -0.355 e. The fourth-order valence-corrected chi connectivity index (χ4v) is 2.76. The predicted molar refractivity (Wildman–Crippen MR) is 82.1 cm³/mol. The van der Waals surface area contributed by atoms with Gasteiger partial charge in [-0.2, -0.15) is 0 Å². The molecule has 0 aliphatic carbocycles. The van der Waals surface area contributed by atoms with Crippen molar-refractivity contribution < 1.29 is 13.2 Å². The normalized spacial score (nSPS) is 11.7. The Kier molecular flexibility index (Phi) is 6.32. The molecule has 0 aromatic heterocycles. The van der Waals surface area contributed by atoms with E-state index in [-0.39, 0.29) is 17.3 Å². The summed E-state index contributed by atoms with van der Waals surface area (Å²) in [6, 6.07) is 4.73. The second kappa shape index (κ2) is 7.53. The molecule has 0 bridgehead atoms. The minimum absolute atomic E-state index is 0.133. The number of carbonyl (C=O) groups is 1. The van der Waals surface area contributed by atoms with Crippen LogP contribution in [0.2, 0.25) is 0 Å². The maximum atomic E-state index is 12.1. The number of hydrogen-bond acceptors (Lipinski definition) is 4. The molecule has 21 heavy (non-hydrogen) atoms. The number of amides is 1. The summed E-state index contributed by atoms with van der Waals surface area (Å²) in [7, 11) is -3.69. The second-order valence-electron chi connectivity index (χ2n) is 5.31. The monoisotopic (exact) mass is 313 g/mol. The van der Waals surface area contributed by atoms with Crippen LogP contribution in [0.1, 0.15) is 25.0 Å². The van der Waals surface area contributed by atoms with Crippen molar-refractivity contribution in [2.24, 2.45) is 11.7 Å². The SMILES string of the molecule is Cc1cc(S(=O)(=O)NCC(=O)NCC(C)C)ccc1CN. The molecule has 0 saturated carbocycles. The second-order valence-corrected chi connectivity index (χ2v) is 7.08. The summed E-state index contributed by atoms with van der Waals surface area (Å²) in [5, 5.41) is 2.65. The third kappa shape index (κ3) is 5.45. The third-order valence-corrected chi connectivity index (χ3v) is 4.37. The van der Waals surface area contributed by atoms with Crippen molar-refractivity contribution in [3.63, 3.8) is 0 Å². The van der Waals surface area contributed by atoms with E-state index in [1.165, 1.54) is 6.07 Å². The molecule has 0 radical (unpaired) electrons. The Hall–Kier alpha value is -1.44. The van der Waals surface area contributed by atoms with Crippen LogP contribution in [-0.2, 0) is 21.4 Å². The zero-order valence-electron chi connectivity index (χ0n) is 12.6. The lowest BCUT2D eigenvalue weighted by Crippen LogP contribution is -2.38. The lowest BCUT2D eigenvalue weighted by Gasteiger charge is -2.10. The molecule has 0 fully saturated rings. The Balaban J connectivity index is 2.69. The molecule has 1 amide bonds. The van der Waals surface area contributed by atoms with E-state index in [2.05, 4.69) is 10.0 Å². The number of benzene rings is 1. The van der Waals surface area contributed by atoms with E-state index in [1.807, 2.05) is 13.8 Å². The number of nitrogens with one attached hydrogen (secondary N) is 2. The standard InChI is InChI=1S/C14H23N3O3S/c1-10(2)8-16-14(18)9-17-21(19,20)13-5-4-12(7-15)11(3)6-13/h4-6,10,17H,7-9,15H2,1-3H3,(H,16,18). The van der Waals surface area contributed by atoms with Gasteiger partial charge in [-0.25, -0.2) is 13.1 Å². The number of carbonyl (C=O) groups excluding carboxylic acids is 1. The van der Waals surface area contributed by atoms with Crippen LogP contribution in [0.4, 0.5) is 0 Å². The van der Waals surface area contributed by atoms with Gasteiger partial charge in [0.25, 0.3) is 0 Å². The summed E-state index contributed by atoms with van der Waals surface area (Å²) in [6.07, 6.45) is 0. The van der Waals surface area contributed by atoms with Gasteiger partial charge in [-0.1, -0.05) is 19.9 Å². The van der Waals surface area contributed by atoms with Crippen molar-refractivity contribution in [2.45, 2.75) is 32.2 Å². The molecule has 0 unspecified atom stereocenters. The molecule has 4 N–H and O–H groups in total. The smallest absolute Gasteiger partial charge is 0.241 e. The lowest BCUT2D eigenvalue weighted by molar-refractivity contribution is -0.120. The molecule has 0 spiro atoms. The van der Waals surface area contributed by atoms with Crippen LogP contribution >= 0.6 is 0 Å². The van der Waals surface area contributed by atoms with Gasteiger partial charge in [-0.3, -0.25) is 4.79 Å². The highest BCUT2D eigenvalue weighted by Gasteiger charge is 2.16. The topological polar surface area (TPSA) is 101 Å². The van der Waals surface area contributed by atoms with E-state index < -0.39 is 10.0 Å². The third-order valence-electron chi connectivity index (χ3n) is 2.97. The van der Waals surface area contributed by atoms with Crippen molar-refractivity contribution in [2.75, 3.05) is 13.1 Å². The first-order valence-electron chi connectivity index (χ1n) is 6.82. The summed E-state index contributed by atoms with van der Waals surface area (Å²) in [6.45, 7) is 6.34. The summed E-state index contributed by atoms with van der Waals surface area (Å²) in [4.78, 5) is 11.7. The van der Waals surface area contributed by atoms with E-state index in [0.29, 0.717) is 19.0 Å². The predicted octanol–water partition coefficient (Wildman–Crippen LogP) is 0.504. The fraction of sp³-hybridized carbons (Fsp3) is 0.500. The Bertz CT molecular complexity index is 597. The van der Waals surface area contributed by atoms with Crippen LogP contribution in [0, 0.1) is 12.8 Å². The van der Waals surface area contributed by atoms with Gasteiger partial charge >= 0.3 is 0 Å². The first-order chi connectivity index (χ1) is 9.76. The van der Waals surface area contributed by atoms with Crippen LogP contribution in [0.25, 0.3) is 0 Å². The summed E-state index contributed by atoms with van der Waals surface area (Å²) in [5.41, 5.74) is 7.25. The molecule has 118 valence electrons. The highest BCUT2D eigenvalue weighted by molar-refractivity contribution is 7.89. The average molecular weight is 313 g/mol. The van der Waals surface area contributed by atoms with E-state index >= 15 is 0 Å². The lowest BCUT2D eigenvalue weighted by atomic mass is 10.1. The van der Waals surface area contributed by atoms with Gasteiger partial charge in [-0.15, -0.1) is 0 Å². The van der Waals surface area contributed by atoms with Crippen LogP contribution in [-0.4, -0.2) is 27.4 Å². The van der Waals surface area contributed by atoms with Gasteiger partial charge in [0.05, 0.1) is 11.4 Å². The highest BCUT2D eigenvalue weighted by atomic mass is 32.2. The summed E-state index contributed by atoms with van der Waals surface area (Å²) >= 11 is 0. The molecule has 0 aliphatic rings. The molecule has 7 heteroatoms. The zero-order chi connectivity index (χ0) is 16.0. The highest BCUT2D eigenvalue weighted by Crippen LogP contribution is 2.14. The molecule has 0 saturated heterocycles. The minimum atomic E-state index is -3.69. The Morgan fingerprint density at radius 1 is 1.33 bits per heavy atom. The van der Waals surface area contributed by atoms with Gasteiger partial charge in [0.2, 0.25) is 15.9 Å². The quantitative estimate of drug-likeness (QED) is 0.682. The zero-order valence-corrected chi connectivity index (χ0v) is 13.5. The molecule has 6 nitrogen and oxygen atoms in total. The maximum Gasteiger partial charge on any atom is 0.241 e. The molecular formula is C14H23N3O3S. The van der Waals surface area contributed by atoms with Crippen molar-refractivity contribution >= 4 is 15.9 Å². The summed E-state index contributed by atoms with van der Waals surface area (Å²) < 4.78 is 26.5. The molecule has 0 atom stereocenters. The number of aryl methyl sites for hydroxylation is 1. The van der Waals surface area contributed by atoms with Crippen LogP contribution in [0.3, 0.4) is 0 Å². The van der Waals surface area contributed by atoms with Gasteiger partial charge < -0.3 is 11.1 Å². The first-order valence-corrected chi connectivity index (χ1v) is 8.30. The van der Waals surface area contributed by atoms with E-state index in [9.17, 15) is 13.2 Å². The van der Waals surface area contributed by atoms with Crippen molar-refractivity contribution in [3.8, 4) is 0 Å². The molecule has 1 rings (SSSR count). The summed E-state index contributed by atoms with van der Waals surface area (Å²) in [5.74, 6) is -0.0282. The Labute approximate surface area is 126 Å². The van der Waals surface area contributed by atoms with Gasteiger partial charge in [0, 0.05) is 13.1 Å². The number of nitrogens with two attached hydrogens (primary N) is 1. The van der Waals surface area contributed by atoms with Gasteiger partial charge in [0.1, 0.15) is 0 Å². The average Bonchev–Trinajstić information content (AvgIpc) is 2.42. The van der Waals surface area contributed by atoms with E-state index in [4.69, 9.17) is 5.73 Å². The van der Waals surface area contributed by atoms with Crippen LogP contribution in [0.5, 0.6) is 0 Å². The van der Waals surface area contributed by atoms with Gasteiger partial charge in [-0.05, 0) is 36.1 Å². The van der Waals surface area contributed by atoms with Crippen LogP contribution in [0.15, 0.2) is 23.1 Å². The van der Waals surface area contributed by atoms with Crippen molar-refractivity contribution in [1.29, 1.82) is 0 Å². The van der Waals surface area contributed by atoms with Crippen molar-refractivity contribution in [1.82, 2.24) is 10.0 Å².